The molecule has 37 heavy (non-hydrogen) atoms. The van der Waals surface area contributed by atoms with Crippen molar-refractivity contribution in [3.05, 3.63) is 58.8 Å². The maximum absolute atomic E-state index is 13.0. The van der Waals surface area contributed by atoms with E-state index < -0.39 is 12.0 Å². The summed E-state index contributed by atoms with van der Waals surface area (Å²) in [5, 5.41) is 20.2. The van der Waals surface area contributed by atoms with Gasteiger partial charge < -0.3 is 31.6 Å². The number of phenols is 1. The number of amides is 1. The van der Waals surface area contributed by atoms with Gasteiger partial charge in [0, 0.05) is 47.1 Å². The van der Waals surface area contributed by atoms with Crippen LogP contribution in [0.5, 0.6) is 5.75 Å². The maximum atomic E-state index is 13.0. The van der Waals surface area contributed by atoms with E-state index in [9.17, 15) is 23.8 Å². The van der Waals surface area contributed by atoms with E-state index in [-0.39, 0.29) is 49.9 Å². The molecular weight excluding hydrogens is 480 g/mol. The molecule has 1 aromatic carbocycles. The highest BCUT2D eigenvalue weighted by Gasteiger charge is 2.43. The van der Waals surface area contributed by atoms with Gasteiger partial charge in [0.25, 0.3) is 5.92 Å². The van der Waals surface area contributed by atoms with Crippen LogP contribution in [0.25, 0.3) is 11.8 Å². The van der Waals surface area contributed by atoms with Crippen molar-refractivity contribution in [3.63, 3.8) is 0 Å². The molecule has 3 atom stereocenters. The summed E-state index contributed by atoms with van der Waals surface area (Å²) in [5.74, 6) is -2.31. The zero-order valence-electron chi connectivity index (χ0n) is 21.1. The number of nitrogens with two attached hydrogens (primary N) is 2. The Morgan fingerprint density at radius 2 is 1.97 bits per heavy atom. The minimum atomic E-state index is -2.64. The summed E-state index contributed by atoms with van der Waals surface area (Å²) in [7, 11) is 0. The molecule has 0 saturated carbocycles. The van der Waals surface area contributed by atoms with Gasteiger partial charge in [-0.05, 0) is 50.5 Å². The fraction of sp³-hybridized carbons (Fsp3) is 0.444. The van der Waals surface area contributed by atoms with Crippen LogP contribution in [0.3, 0.4) is 0 Å². The fourth-order valence-electron chi connectivity index (χ4n) is 5.54. The lowest BCUT2D eigenvalue weighted by atomic mass is 9.83. The van der Waals surface area contributed by atoms with Crippen LogP contribution in [-0.4, -0.2) is 75.2 Å². The number of nitrogens with zero attached hydrogens (tertiary/aromatic N) is 2. The number of aromatic hydroxyl groups is 1. The molecule has 2 aromatic rings. The number of benzene rings is 1. The number of nitrogens with one attached hydrogen (secondary N) is 1. The second kappa shape index (κ2) is 10.5. The minimum Gasteiger partial charge on any atom is -0.507 e. The molecule has 0 bridgehead atoms. The third-order valence-electron chi connectivity index (χ3n) is 7.34. The quantitative estimate of drug-likeness (QED) is 0.360. The number of phenolic OH excluding ortho intramolecular Hbond substituents is 1. The van der Waals surface area contributed by atoms with Crippen molar-refractivity contribution in [2.75, 3.05) is 32.0 Å². The molecule has 10 heteroatoms. The third kappa shape index (κ3) is 5.65. The average molecular weight is 516 g/mol. The highest BCUT2D eigenvalue weighted by atomic mass is 19.3. The summed E-state index contributed by atoms with van der Waals surface area (Å²) in [4.78, 5) is 19.5. The lowest BCUT2D eigenvalue weighted by Crippen LogP contribution is -2.56. The first-order valence-corrected chi connectivity index (χ1v) is 12.4. The number of anilines is 1. The van der Waals surface area contributed by atoms with Crippen LogP contribution < -0.4 is 11.5 Å². The smallest absolute Gasteiger partial charge is 0.272 e. The molecular formula is C27H35F2N5O3. The van der Waals surface area contributed by atoms with Crippen LogP contribution in [0, 0.1) is 6.92 Å². The van der Waals surface area contributed by atoms with Crippen molar-refractivity contribution in [1.82, 2.24) is 14.8 Å². The largest absolute Gasteiger partial charge is 0.507 e. The van der Waals surface area contributed by atoms with Crippen molar-refractivity contribution in [2.45, 2.75) is 50.6 Å². The number of carbonyl (C=O) groups is 1. The molecule has 0 aliphatic carbocycles. The van der Waals surface area contributed by atoms with E-state index in [0.29, 0.717) is 29.9 Å². The van der Waals surface area contributed by atoms with Gasteiger partial charge >= 0.3 is 0 Å². The van der Waals surface area contributed by atoms with Crippen LogP contribution in [0.15, 0.2) is 36.4 Å². The van der Waals surface area contributed by atoms with E-state index in [1.54, 1.807) is 46.2 Å². The molecule has 2 saturated heterocycles. The number of H-pyrrole nitrogens is 1. The Bertz CT molecular complexity index is 1200. The number of carbonyl (C=O) groups excluding carboxylic acids is 1. The first-order chi connectivity index (χ1) is 17.5. The molecule has 0 unspecified atom stereocenters. The molecule has 200 valence electrons. The van der Waals surface area contributed by atoms with Crippen LogP contribution >= 0.6 is 0 Å². The molecule has 2 aliphatic rings. The van der Waals surface area contributed by atoms with Crippen LogP contribution in [0.2, 0.25) is 0 Å². The Hall–Kier alpha value is -3.37. The third-order valence-corrected chi connectivity index (χ3v) is 7.34. The molecule has 4 rings (SSSR count). The lowest BCUT2D eigenvalue weighted by Gasteiger charge is -2.43. The number of halogens is 2. The number of hydrogen-bond donors (Lipinski definition) is 5. The summed E-state index contributed by atoms with van der Waals surface area (Å²) < 4.78 is 26.0. The summed E-state index contributed by atoms with van der Waals surface area (Å²) in [5.41, 5.74) is 16.1. The van der Waals surface area contributed by atoms with Crippen LogP contribution in [0.4, 0.5) is 14.6 Å². The van der Waals surface area contributed by atoms with Gasteiger partial charge in [-0.15, -0.1) is 0 Å². The number of piperidine rings is 1. The molecule has 2 fully saturated rings. The van der Waals surface area contributed by atoms with E-state index in [1.165, 1.54) is 6.08 Å². The van der Waals surface area contributed by atoms with Crippen molar-refractivity contribution in [2.24, 2.45) is 5.73 Å². The number of nitrogen functional groups attached to an aromatic ring is 1. The molecule has 0 spiro atoms. The Morgan fingerprint density at radius 1 is 1.27 bits per heavy atom. The zero-order chi connectivity index (χ0) is 26.9. The fourth-order valence-corrected chi connectivity index (χ4v) is 5.54. The first-order valence-electron chi connectivity index (χ1n) is 12.4. The minimum absolute atomic E-state index is 0.0271. The Labute approximate surface area is 215 Å². The monoisotopic (exact) mass is 515 g/mol. The molecule has 7 N–H and O–H groups in total. The van der Waals surface area contributed by atoms with Crippen molar-refractivity contribution in [1.29, 1.82) is 0 Å². The predicted molar refractivity (Wildman–Crippen MR) is 140 cm³/mol. The Balaban J connectivity index is 1.48. The van der Waals surface area contributed by atoms with Gasteiger partial charge in [0.15, 0.2) is 0 Å². The molecule has 1 aromatic heterocycles. The van der Waals surface area contributed by atoms with Crippen LogP contribution in [0.1, 0.15) is 48.1 Å². The van der Waals surface area contributed by atoms with E-state index in [4.69, 9.17) is 11.5 Å². The number of hydrogen-bond acceptors (Lipinski definition) is 6. The van der Waals surface area contributed by atoms with Crippen molar-refractivity contribution in [3.8, 4) is 5.75 Å². The van der Waals surface area contributed by atoms with Gasteiger partial charge in [-0.1, -0.05) is 18.2 Å². The van der Waals surface area contributed by atoms with Gasteiger partial charge in [-0.2, -0.15) is 0 Å². The second-order valence-electron chi connectivity index (χ2n) is 10.1. The van der Waals surface area contributed by atoms with E-state index >= 15 is 0 Å². The molecule has 0 radical (unpaired) electrons. The van der Waals surface area contributed by atoms with Crippen molar-refractivity contribution < 1.29 is 23.8 Å². The van der Waals surface area contributed by atoms with E-state index in [0.717, 1.165) is 16.8 Å². The molecule has 3 heterocycles. The standard InChI is InChI=1S/C27H35F2N5O3/c1-16-10-18(11-19(13-35)34(16)24(37)8-5-9-33-14-27(28,29)15-33)25-17(2)21(26(31)32-25)12-22(30)20-6-3-4-7-23(20)36/h3-8,12,16,18-19,32,35-36H,9-11,13-15,30-31H2,1-2H3/b8-5+,22-12-/t16-,18+,19-/m1/s1. The highest BCUT2D eigenvalue weighted by Crippen LogP contribution is 2.39. The van der Waals surface area contributed by atoms with E-state index in [1.807, 2.05) is 13.8 Å². The molecule has 2 aliphatic heterocycles. The Morgan fingerprint density at radius 3 is 2.62 bits per heavy atom. The SMILES string of the molecule is Cc1c([C@@H]2C[C@H](CO)N(C(=O)/C=C/CN3CC(F)(F)C3)[C@H](C)C2)[nH]c(N)c1/C=C(\N)c1ccccc1O. The molecule has 1 amide bonds. The number of aromatic nitrogens is 1. The normalized spacial score (nSPS) is 24.4. The number of aliphatic hydroxyl groups excluding tert-OH is 1. The van der Waals surface area contributed by atoms with E-state index in [2.05, 4.69) is 4.98 Å². The number of aromatic amines is 1. The number of rotatable bonds is 7. The summed E-state index contributed by atoms with van der Waals surface area (Å²) in [6.07, 6.45) is 5.96. The second-order valence-corrected chi connectivity index (χ2v) is 10.1. The lowest BCUT2D eigenvalue weighted by molar-refractivity contribution is -0.134. The van der Waals surface area contributed by atoms with Gasteiger partial charge in [-0.25, -0.2) is 8.78 Å². The average Bonchev–Trinajstić information content (AvgIpc) is 3.10. The topological polar surface area (TPSA) is 132 Å². The number of alkyl halides is 2. The summed E-state index contributed by atoms with van der Waals surface area (Å²) in [6.45, 7) is 3.40. The Kier molecular flexibility index (Phi) is 7.61. The maximum Gasteiger partial charge on any atom is 0.272 e. The van der Waals surface area contributed by atoms with Gasteiger partial charge in [-0.3, -0.25) is 9.69 Å². The van der Waals surface area contributed by atoms with Crippen LogP contribution in [-0.2, 0) is 4.79 Å². The van der Waals surface area contributed by atoms with Gasteiger partial charge in [0.2, 0.25) is 5.91 Å². The van der Waals surface area contributed by atoms with Gasteiger partial charge in [0.1, 0.15) is 11.6 Å². The number of likely N-dealkylation sites (tertiary alicyclic amines) is 2. The molecule has 8 nitrogen and oxygen atoms in total. The van der Waals surface area contributed by atoms with Gasteiger partial charge in [0.05, 0.1) is 25.7 Å². The number of para-hydroxylation sites is 1. The highest BCUT2D eigenvalue weighted by molar-refractivity contribution is 5.88. The van der Waals surface area contributed by atoms with Crippen molar-refractivity contribution >= 4 is 23.5 Å². The summed E-state index contributed by atoms with van der Waals surface area (Å²) >= 11 is 0. The number of aliphatic hydroxyl groups is 1. The zero-order valence-corrected chi connectivity index (χ0v) is 21.1. The summed E-state index contributed by atoms with van der Waals surface area (Å²) in [6, 6.07) is 6.26. The first kappa shape index (κ1) is 26.7. The predicted octanol–water partition coefficient (Wildman–Crippen LogP) is 3.03.